The summed E-state index contributed by atoms with van der Waals surface area (Å²) in [4.78, 5) is 11.3. The van der Waals surface area contributed by atoms with E-state index in [4.69, 9.17) is 14.4 Å². The maximum Gasteiger partial charge on any atom is 0.185 e. The second kappa shape index (κ2) is 12.3. The minimum Gasteiger partial charge on any atom is -0.455 e. The van der Waals surface area contributed by atoms with E-state index in [1.54, 1.807) is 0 Å². The predicted molar refractivity (Wildman–Crippen MR) is 237 cm³/mol. The highest BCUT2D eigenvalue weighted by molar-refractivity contribution is 7.22. The molecule has 1 aliphatic rings. The van der Waals surface area contributed by atoms with Crippen LogP contribution in [0, 0.1) is 0 Å². The third-order valence-electron chi connectivity index (χ3n) is 11.9. The third-order valence-corrected chi connectivity index (χ3v) is 16.8. The zero-order valence-electron chi connectivity index (χ0n) is 30.8. The monoisotopic (exact) mass is 743 g/mol. The number of hydrogen-bond acceptors (Lipinski definition) is 3. The predicted octanol–water partition coefficient (Wildman–Crippen LogP) is 10.2. The Morgan fingerprint density at radius 2 is 1.02 bits per heavy atom. The molecule has 4 nitrogen and oxygen atoms in total. The molecule has 1 aliphatic heterocycles. The summed E-state index contributed by atoms with van der Waals surface area (Å²) < 4.78 is 9.11. The fourth-order valence-corrected chi connectivity index (χ4v) is 14.8. The molecular weight excluding hydrogens is 711 g/mol. The molecule has 0 bridgehead atoms. The van der Waals surface area contributed by atoms with Crippen molar-refractivity contribution in [1.82, 2.24) is 14.5 Å². The number of para-hydroxylation sites is 3. The van der Waals surface area contributed by atoms with Gasteiger partial charge >= 0.3 is 0 Å². The summed E-state index contributed by atoms with van der Waals surface area (Å²) >= 11 is 0. The van der Waals surface area contributed by atoms with Crippen LogP contribution in [0.4, 0.5) is 0 Å². The molecule has 12 rings (SSSR count). The summed E-state index contributed by atoms with van der Waals surface area (Å²) in [6, 6.07) is 71.9. The Morgan fingerprint density at radius 3 is 1.77 bits per heavy atom. The first kappa shape index (κ1) is 32.0. The number of aromatic nitrogens is 3. The SMILES string of the molecule is c1ccc(-c2nc(-c3ccccc3-n3c4ccccc4c4c5oc6ccccc6c5ccc43)c3c(n2)-c2ccccc2[Si]3(c2ccccc2)c2ccccc2)cc1. The van der Waals surface area contributed by atoms with Crippen molar-refractivity contribution in [2.45, 2.75) is 0 Å². The molecule has 0 N–H and O–H groups in total. The molecule has 0 amide bonds. The number of benzene rings is 8. The number of rotatable bonds is 5. The van der Waals surface area contributed by atoms with Gasteiger partial charge in [0.15, 0.2) is 13.9 Å². The maximum atomic E-state index is 6.70. The van der Waals surface area contributed by atoms with Crippen LogP contribution >= 0.6 is 0 Å². The minimum absolute atomic E-state index is 0.714. The Bertz CT molecular complexity index is 3310. The number of nitrogens with zero attached hydrogens (tertiary/aromatic N) is 3. The van der Waals surface area contributed by atoms with E-state index in [0.717, 1.165) is 71.9 Å². The molecule has 0 saturated carbocycles. The van der Waals surface area contributed by atoms with Gasteiger partial charge in [-0.1, -0.05) is 170 Å². The molecule has 266 valence electrons. The average Bonchev–Trinajstić information content (AvgIpc) is 3.94. The quantitative estimate of drug-likeness (QED) is 0.165. The highest BCUT2D eigenvalue weighted by atomic mass is 28.3. The Kier molecular flexibility index (Phi) is 6.91. The third kappa shape index (κ3) is 4.49. The van der Waals surface area contributed by atoms with Gasteiger partial charge in [0, 0.05) is 38.0 Å². The van der Waals surface area contributed by atoms with Crippen molar-refractivity contribution in [3.63, 3.8) is 0 Å². The van der Waals surface area contributed by atoms with E-state index in [1.165, 1.54) is 26.3 Å². The van der Waals surface area contributed by atoms with Crippen LogP contribution in [-0.4, -0.2) is 22.6 Å². The summed E-state index contributed by atoms with van der Waals surface area (Å²) in [5, 5.41) is 9.66. The number of hydrogen-bond donors (Lipinski definition) is 0. The van der Waals surface area contributed by atoms with E-state index in [1.807, 2.05) is 12.1 Å². The molecule has 57 heavy (non-hydrogen) atoms. The van der Waals surface area contributed by atoms with Gasteiger partial charge in [0.1, 0.15) is 11.2 Å². The molecule has 11 aromatic rings. The molecular formula is C52H33N3OSi. The van der Waals surface area contributed by atoms with E-state index < -0.39 is 8.07 Å². The van der Waals surface area contributed by atoms with Gasteiger partial charge in [-0.15, -0.1) is 0 Å². The van der Waals surface area contributed by atoms with Gasteiger partial charge in [-0.3, -0.25) is 0 Å². The molecule has 3 aromatic heterocycles. The first-order chi connectivity index (χ1) is 28.3. The Labute approximate surface area is 330 Å². The fourth-order valence-electron chi connectivity index (χ4n) is 9.58. The highest BCUT2D eigenvalue weighted by Crippen LogP contribution is 2.43. The fraction of sp³-hybridized carbons (Fsp3) is 0. The minimum atomic E-state index is -3.00. The van der Waals surface area contributed by atoms with Crippen LogP contribution in [0.3, 0.4) is 0 Å². The summed E-state index contributed by atoms with van der Waals surface area (Å²) in [5.74, 6) is 0.714. The number of fused-ring (bicyclic) bond motifs is 10. The van der Waals surface area contributed by atoms with E-state index in [-0.39, 0.29) is 0 Å². The molecule has 0 aliphatic carbocycles. The van der Waals surface area contributed by atoms with Gasteiger partial charge < -0.3 is 8.98 Å². The van der Waals surface area contributed by atoms with Gasteiger partial charge in [0.05, 0.1) is 33.5 Å². The lowest BCUT2D eigenvalue weighted by molar-refractivity contribution is 0.673. The van der Waals surface area contributed by atoms with Gasteiger partial charge in [-0.25, -0.2) is 9.97 Å². The second-order valence-electron chi connectivity index (χ2n) is 14.8. The van der Waals surface area contributed by atoms with Crippen molar-refractivity contribution in [3.05, 3.63) is 200 Å². The lowest BCUT2D eigenvalue weighted by atomic mass is 10.0. The Morgan fingerprint density at radius 1 is 0.439 bits per heavy atom. The van der Waals surface area contributed by atoms with Crippen molar-refractivity contribution in [1.29, 1.82) is 0 Å². The second-order valence-corrected chi connectivity index (χ2v) is 18.5. The largest absolute Gasteiger partial charge is 0.455 e. The molecule has 0 fully saturated rings. The zero-order chi connectivity index (χ0) is 37.5. The first-order valence-corrected chi connectivity index (χ1v) is 21.4. The van der Waals surface area contributed by atoms with Crippen LogP contribution in [0.15, 0.2) is 205 Å². The van der Waals surface area contributed by atoms with Crippen LogP contribution in [0.5, 0.6) is 0 Å². The van der Waals surface area contributed by atoms with Crippen LogP contribution in [0.2, 0.25) is 0 Å². The van der Waals surface area contributed by atoms with Gasteiger partial charge in [-0.2, -0.15) is 0 Å². The molecule has 0 atom stereocenters. The highest BCUT2D eigenvalue weighted by Gasteiger charge is 2.52. The van der Waals surface area contributed by atoms with Gasteiger partial charge in [-0.05, 0) is 45.9 Å². The molecule has 0 unspecified atom stereocenters. The molecule has 0 spiro atoms. The van der Waals surface area contributed by atoms with E-state index >= 15 is 0 Å². The van der Waals surface area contributed by atoms with Crippen molar-refractivity contribution < 1.29 is 4.42 Å². The molecule has 8 aromatic carbocycles. The summed E-state index contributed by atoms with van der Waals surface area (Å²) in [6.07, 6.45) is 0. The molecule has 5 heteroatoms. The van der Waals surface area contributed by atoms with E-state index in [2.05, 4.69) is 193 Å². The standard InChI is InChI=1S/C52H33N3OSi/c1-4-18-34(19-5-1)52-53-48(51-49(54-52)41-27-13-17-31-46(41)57(51,35-20-6-2-7-21-35)36-22-8-3-9-23-36)40-26-11-15-29-43(40)55-42-28-14-10-25-39(42)47-44(55)33-32-38-37-24-12-16-30-45(37)56-50(38)47/h1-33H. The van der Waals surface area contributed by atoms with Crippen LogP contribution in [-0.2, 0) is 0 Å². The van der Waals surface area contributed by atoms with E-state index in [0.29, 0.717) is 5.82 Å². The van der Waals surface area contributed by atoms with Gasteiger partial charge in [0.2, 0.25) is 0 Å². The summed E-state index contributed by atoms with van der Waals surface area (Å²) in [5.41, 5.74) is 10.2. The Hall–Kier alpha value is -7.34. The van der Waals surface area contributed by atoms with Crippen molar-refractivity contribution in [3.8, 4) is 39.6 Å². The summed E-state index contributed by atoms with van der Waals surface area (Å²) in [6.45, 7) is 0. The van der Waals surface area contributed by atoms with Crippen molar-refractivity contribution >= 4 is 72.6 Å². The lowest BCUT2D eigenvalue weighted by Gasteiger charge is -2.32. The number of furan rings is 1. The Balaban J connectivity index is 1.24. The van der Waals surface area contributed by atoms with Crippen LogP contribution in [0.1, 0.15) is 0 Å². The normalized spacial score (nSPS) is 13.1. The smallest absolute Gasteiger partial charge is 0.185 e. The van der Waals surface area contributed by atoms with Crippen LogP contribution in [0.25, 0.3) is 83.3 Å². The zero-order valence-corrected chi connectivity index (χ0v) is 31.8. The van der Waals surface area contributed by atoms with Crippen LogP contribution < -0.4 is 20.7 Å². The molecule has 4 heterocycles. The van der Waals surface area contributed by atoms with Crippen molar-refractivity contribution in [2.75, 3.05) is 0 Å². The maximum absolute atomic E-state index is 6.70. The average molecular weight is 744 g/mol. The van der Waals surface area contributed by atoms with Gasteiger partial charge in [0.25, 0.3) is 0 Å². The first-order valence-electron chi connectivity index (χ1n) is 19.4. The van der Waals surface area contributed by atoms with Crippen molar-refractivity contribution in [2.24, 2.45) is 0 Å². The molecule has 0 saturated heterocycles. The van der Waals surface area contributed by atoms with E-state index in [9.17, 15) is 0 Å². The molecule has 0 radical (unpaired) electrons. The lowest BCUT2D eigenvalue weighted by Crippen LogP contribution is -2.73. The topological polar surface area (TPSA) is 43.9 Å². The summed E-state index contributed by atoms with van der Waals surface area (Å²) in [7, 11) is -3.00.